The Labute approximate surface area is 220 Å². The molecule has 4 N–H and O–H groups in total. The Balaban J connectivity index is 2.28. The Kier molecular flexibility index (Phi) is 11.3. The molecule has 0 aromatic heterocycles. The second-order valence-corrected chi connectivity index (χ2v) is 11.1. The second-order valence-electron chi connectivity index (χ2n) is 11.1. The van der Waals surface area contributed by atoms with E-state index in [1.54, 1.807) is 20.8 Å². The van der Waals surface area contributed by atoms with Gasteiger partial charge >= 0.3 is 6.09 Å². The number of benzene rings is 2. The summed E-state index contributed by atoms with van der Waals surface area (Å²) in [7, 11) is 0. The number of carbonyl (C=O) groups is 3. The molecule has 7 nitrogen and oxygen atoms in total. The van der Waals surface area contributed by atoms with Crippen LogP contribution < -0.4 is 11.1 Å². The third-order valence-corrected chi connectivity index (χ3v) is 6.36. The molecule has 2 rings (SSSR count). The van der Waals surface area contributed by atoms with E-state index in [9.17, 15) is 19.5 Å². The number of rotatable bonds is 13. The van der Waals surface area contributed by atoms with Gasteiger partial charge < -0.3 is 20.9 Å². The molecule has 37 heavy (non-hydrogen) atoms. The lowest BCUT2D eigenvalue weighted by molar-refractivity contribution is -0.131. The molecule has 0 aliphatic heterocycles. The first-order valence-electron chi connectivity index (χ1n) is 12.9. The average Bonchev–Trinajstić information content (AvgIpc) is 2.81. The van der Waals surface area contributed by atoms with Crippen LogP contribution in [0.2, 0.25) is 0 Å². The van der Waals surface area contributed by atoms with E-state index in [1.807, 2.05) is 74.5 Å². The summed E-state index contributed by atoms with van der Waals surface area (Å²) in [6, 6.07) is 18.4. The van der Waals surface area contributed by atoms with Crippen LogP contribution in [-0.2, 0) is 27.2 Å². The van der Waals surface area contributed by atoms with E-state index < -0.39 is 41.6 Å². The highest BCUT2D eigenvalue weighted by Gasteiger charge is 2.32. The van der Waals surface area contributed by atoms with Crippen LogP contribution in [0.3, 0.4) is 0 Å². The number of aliphatic hydroxyl groups is 1. The molecule has 0 fully saturated rings. The molecule has 0 radical (unpaired) electrons. The molecule has 0 bridgehead atoms. The van der Waals surface area contributed by atoms with E-state index in [0.717, 1.165) is 11.1 Å². The summed E-state index contributed by atoms with van der Waals surface area (Å²) in [5.41, 5.74) is 6.77. The van der Waals surface area contributed by atoms with Gasteiger partial charge in [0.25, 0.3) is 0 Å². The van der Waals surface area contributed by atoms with Gasteiger partial charge in [-0.2, -0.15) is 0 Å². The smallest absolute Gasteiger partial charge is 0.407 e. The standard InChI is InChI=1S/C30H42N2O5/c1-20(2)24(28(31)35)19-26(33)23(16-21-12-8-6-9-13-21)18-27(34)25(17-22-14-10-7-11-15-22)32-29(36)37-30(3,4)5/h6-15,20,23-25,27,34H,16-19H2,1-5H3,(H2,31,35)(H,32,36)/t23-,24?,25+,27+/m1/s1. The molecule has 4 atom stereocenters. The number of alkyl carbamates (subject to hydrolysis) is 1. The third-order valence-electron chi connectivity index (χ3n) is 6.36. The molecule has 0 spiro atoms. The van der Waals surface area contributed by atoms with Gasteiger partial charge in [-0.25, -0.2) is 4.79 Å². The van der Waals surface area contributed by atoms with Gasteiger partial charge in [0.05, 0.1) is 12.1 Å². The number of ketones is 1. The van der Waals surface area contributed by atoms with Gasteiger partial charge in [0, 0.05) is 18.3 Å². The van der Waals surface area contributed by atoms with Crippen LogP contribution in [0.1, 0.15) is 58.6 Å². The minimum atomic E-state index is -1.03. The Morgan fingerprint density at radius 3 is 1.89 bits per heavy atom. The summed E-state index contributed by atoms with van der Waals surface area (Å²) in [5, 5.41) is 14.2. The van der Waals surface area contributed by atoms with Crippen molar-refractivity contribution in [2.24, 2.45) is 23.5 Å². The Hall–Kier alpha value is -3.19. The van der Waals surface area contributed by atoms with E-state index >= 15 is 0 Å². The summed E-state index contributed by atoms with van der Waals surface area (Å²) in [6.07, 6.45) is -0.762. The zero-order valence-corrected chi connectivity index (χ0v) is 22.6. The van der Waals surface area contributed by atoms with Gasteiger partial charge in [0.1, 0.15) is 11.4 Å². The molecule has 0 saturated heterocycles. The SMILES string of the molecule is CC(C)C(CC(=O)[C@H](Cc1ccccc1)C[C@H](O)[C@H](Cc1ccccc1)NC(=O)OC(C)(C)C)C(N)=O. The topological polar surface area (TPSA) is 119 Å². The number of carbonyl (C=O) groups excluding carboxylic acids is 3. The van der Waals surface area contributed by atoms with Crippen LogP contribution in [0.4, 0.5) is 4.79 Å². The van der Waals surface area contributed by atoms with Crippen molar-refractivity contribution in [2.75, 3.05) is 0 Å². The van der Waals surface area contributed by atoms with E-state index in [4.69, 9.17) is 10.5 Å². The van der Waals surface area contributed by atoms with Crippen LogP contribution >= 0.6 is 0 Å². The average molecular weight is 511 g/mol. The summed E-state index contributed by atoms with van der Waals surface area (Å²) in [6.45, 7) is 9.05. The number of amides is 2. The molecule has 0 aliphatic rings. The fraction of sp³-hybridized carbons (Fsp3) is 0.500. The molecule has 2 aromatic carbocycles. The highest BCUT2D eigenvalue weighted by molar-refractivity contribution is 5.87. The number of aliphatic hydroxyl groups excluding tert-OH is 1. The lowest BCUT2D eigenvalue weighted by atomic mass is 9.81. The van der Waals surface area contributed by atoms with Crippen LogP contribution in [0.15, 0.2) is 60.7 Å². The van der Waals surface area contributed by atoms with Crippen molar-refractivity contribution in [2.45, 2.75) is 78.0 Å². The number of nitrogens with one attached hydrogen (secondary N) is 1. The minimum Gasteiger partial charge on any atom is -0.444 e. The van der Waals surface area contributed by atoms with Crippen LogP contribution in [0.5, 0.6) is 0 Å². The highest BCUT2D eigenvalue weighted by atomic mass is 16.6. The van der Waals surface area contributed by atoms with Crippen LogP contribution in [0.25, 0.3) is 0 Å². The van der Waals surface area contributed by atoms with Crippen LogP contribution in [0, 0.1) is 17.8 Å². The van der Waals surface area contributed by atoms with Gasteiger partial charge in [-0.3, -0.25) is 9.59 Å². The maximum Gasteiger partial charge on any atom is 0.407 e. The molecule has 1 unspecified atom stereocenters. The molecule has 7 heteroatoms. The Morgan fingerprint density at radius 2 is 1.43 bits per heavy atom. The third kappa shape index (κ3) is 10.8. The number of nitrogens with two attached hydrogens (primary N) is 1. The molecule has 2 amide bonds. The summed E-state index contributed by atoms with van der Waals surface area (Å²) >= 11 is 0. The van der Waals surface area contributed by atoms with Gasteiger partial charge in [0.2, 0.25) is 5.91 Å². The van der Waals surface area contributed by atoms with Gasteiger partial charge in [-0.1, -0.05) is 74.5 Å². The predicted molar refractivity (Wildman–Crippen MR) is 145 cm³/mol. The van der Waals surface area contributed by atoms with Gasteiger partial charge in [-0.15, -0.1) is 0 Å². The minimum absolute atomic E-state index is 0.0140. The Morgan fingerprint density at radius 1 is 0.919 bits per heavy atom. The molecular formula is C30H42N2O5. The number of primary amides is 1. The summed E-state index contributed by atoms with van der Waals surface area (Å²) in [4.78, 5) is 38.1. The van der Waals surface area contributed by atoms with Crippen molar-refractivity contribution < 1.29 is 24.2 Å². The fourth-order valence-electron chi connectivity index (χ4n) is 4.34. The van der Waals surface area contributed by atoms with Crippen molar-refractivity contribution in [3.05, 3.63) is 71.8 Å². The molecule has 0 aliphatic carbocycles. The van der Waals surface area contributed by atoms with Crippen LogP contribution in [-0.4, -0.2) is 40.6 Å². The number of Topliss-reactive ketones (excluding diaryl/α,β-unsaturated/α-hetero) is 1. The van der Waals surface area contributed by atoms with Gasteiger partial charge in [-0.05, 0) is 57.1 Å². The van der Waals surface area contributed by atoms with Crippen molar-refractivity contribution in [1.29, 1.82) is 0 Å². The number of hydrogen-bond acceptors (Lipinski definition) is 5. The molecule has 202 valence electrons. The molecule has 0 heterocycles. The van der Waals surface area contributed by atoms with Gasteiger partial charge in [0.15, 0.2) is 0 Å². The first-order chi connectivity index (χ1) is 17.4. The predicted octanol–water partition coefficient (Wildman–Crippen LogP) is 4.45. The zero-order chi connectivity index (χ0) is 27.6. The first kappa shape index (κ1) is 30.0. The molecule has 2 aromatic rings. The van der Waals surface area contributed by atoms with Crippen molar-refractivity contribution in [3.8, 4) is 0 Å². The maximum absolute atomic E-state index is 13.5. The monoisotopic (exact) mass is 510 g/mol. The highest BCUT2D eigenvalue weighted by Crippen LogP contribution is 2.24. The normalized spacial score (nSPS) is 14.9. The van der Waals surface area contributed by atoms with Crippen molar-refractivity contribution >= 4 is 17.8 Å². The fourth-order valence-corrected chi connectivity index (χ4v) is 4.34. The number of hydrogen-bond donors (Lipinski definition) is 3. The lowest BCUT2D eigenvalue weighted by Gasteiger charge is -2.29. The first-order valence-corrected chi connectivity index (χ1v) is 12.9. The Bertz CT molecular complexity index is 1000. The van der Waals surface area contributed by atoms with E-state index in [2.05, 4.69) is 5.32 Å². The van der Waals surface area contributed by atoms with Crippen molar-refractivity contribution in [1.82, 2.24) is 5.32 Å². The van der Waals surface area contributed by atoms with E-state index in [-0.39, 0.29) is 24.5 Å². The zero-order valence-electron chi connectivity index (χ0n) is 22.6. The molecular weight excluding hydrogens is 468 g/mol. The van der Waals surface area contributed by atoms with E-state index in [0.29, 0.717) is 12.8 Å². The lowest BCUT2D eigenvalue weighted by Crippen LogP contribution is -2.48. The maximum atomic E-state index is 13.5. The number of ether oxygens (including phenoxy) is 1. The summed E-state index contributed by atoms with van der Waals surface area (Å²) in [5.74, 6) is -1.85. The van der Waals surface area contributed by atoms with Crippen molar-refractivity contribution in [3.63, 3.8) is 0 Å². The largest absolute Gasteiger partial charge is 0.444 e. The van der Waals surface area contributed by atoms with E-state index in [1.165, 1.54) is 0 Å². The summed E-state index contributed by atoms with van der Waals surface area (Å²) < 4.78 is 5.43. The quantitative estimate of drug-likeness (QED) is 0.368. The second kappa shape index (κ2) is 13.9. The molecule has 0 saturated carbocycles.